The van der Waals surface area contributed by atoms with Gasteiger partial charge in [-0.15, -0.1) is 0 Å². The van der Waals surface area contributed by atoms with Gasteiger partial charge in [-0.1, -0.05) is 19.9 Å². The van der Waals surface area contributed by atoms with Crippen molar-refractivity contribution in [1.29, 1.82) is 0 Å². The third-order valence-electron chi connectivity index (χ3n) is 8.08. The Labute approximate surface area is 247 Å². The highest BCUT2D eigenvalue weighted by atomic mass is 19.1. The number of ether oxygens (including phenoxy) is 1. The van der Waals surface area contributed by atoms with Crippen LogP contribution in [-0.4, -0.2) is 63.2 Å². The van der Waals surface area contributed by atoms with Gasteiger partial charge in [-0.05, 0) is 63.0 Å². The van der Waals surface area contributed by atoms with Crippen LogP contribution in [0.25, 0.3) is 22.2 Å². The fourth-order valence-electron chi connectivity index (χ4n) is 5.96. The second-order valence-corrected chi connectivity index (χ2v) is 11.7. The summed E-state index contributed by atoms with van der Waals surface area (Å²) in [7, 11) is 2.10. The summed E-state index contributed by atoms with van der Waals surface area (Å²) >= 11 is 0. The van der Waals surface area contributed by atoms with E-state index in [2.05, 4.69) is 30.8 Å². The zero-order chi connectivity index (χ0) is 30.4. The molecule has 2 amide bonds. The van der Waals surface area contributed by atoms with Gasteiger partial charge in [-0.25, -0.2) is 18.4 Å². The Kier molecular flexibility index (Phi) is 7.55. The lowest BCUT2D eigenvalue weighted by Gasteiger charge is -2.30. The van der Waals surface area contributed by atoms with Crippen molar-refractivity contribution in [2.24, 2.45) is 11.7 Å². The minimum atomic E-state index is -0.845. The van der Waals surface area contributed by atoms with Crippen LogP contribution in [-0.2, 0) is 17.8 Å². The zero-order valence-corrected chi connectivity index (χ0v) is 24.3. The van der Waals surface area contributed by atoms with Crippen LogP contribution >= 0.6 is 0 Å². The number of rotatable bonds is 7. The Hall–Kier alpha value is -4.45. The van der Waals surface area contributed by atoms with Crippen molar-refractivity contribution in [2.75, 3.05) is 31.6 Å². The fourth-order valence-corrected chi connectivity index (χ4v) is 5.96. The SMILES string of the molecule is CC(C)Cc1nc2c(cnn2C2CCN(C)CC2)c(-c2ccc3c(c2)OCC(=O)N3Cc2ncc(F)cc2F)c1C(N)=O. The molecule has 2 aliphatic rings. The molecule has 1 fully saturated rings. The highest BCUT2D eigenvalue weighted by Crippen LogP contribution is 2.41. The highest BCUT2D eigenvalue weighted by Gasteiger charge is 2.30. The minimum Gasteiger partial charge on any atom is -0.482 e. The van der Waals surface area contributed by atoms with Crippen molar-refractivity contribution < 1.29 is 23.1 Å². The number of amides is 2. The summed E-state index contributed by atoms with van der Waals surface area (Å²) in [6.07, 6.45) is 5.05. The van der Waals surface area contributed by atoms with E-state index in [1.807, 2.05) is 4.68 Å². The molecule has 1 aromatic carbocycles. The molecule has 0 radical (unpaired) electrons. The van der Waals surface area contributed by atoms with E-state index in [9.17, 15) is 18.4 Å². The molecule has 0 unspecified atom stereocenters. The van der Waals surface area contributed by atoms with Crippen LogP contribution in [0.2, 0.25) is 0 Å². The lowest BCUT2D eigenvalue weighted by Crippen LogP contribution is -2.38. The number of piperidine rings is 1. The first kappa shape index (κ1) is 28.7. The van der Waals surface area contributed by atoms with Crippen LogP contribution in [0, 0.1) is 17.6 Å². The number of nitrogens with two attached hydrogens (primary N) is 1. The number of carbonyl (C=O) groups is 2. The Morgan fingerprint density at radius 2 is 1.91 bits per heavy atom. The topological polar surface area (TPSA) is 119 Å². The van der Waals surface area contributed by atoms with Crippen LogP contribution < -0.4 is 15.4 Å². The summed E-state index contributed by atoms with van der Waals surface area (Å²) in [5, 5.41) is 5.45. The van der Waals surface area contributed by atoms with E-state index in [4.69, 9.17) is 20.6 Å². The van der Waals surface area contributed by atoms with Crippen LogP contribution in [0.3, 0.4) is 0 Å². The molecule has 2 aliphatic heterocycles. The number of aromatic nitrogens is 4. The standard InChI is InChI=1S/C31H33F2N7O3/c1-17(2)10-23-29(30(34)42)28(21-14-36-40(31(21)37-23)20-6-8-38(3)9-7-20)18-4-5-25-26(11-18)43-16-27(41)39(25)15-24-22(33)12-19(32)13-35-24/h4-5,11-14,17,20H,6-10,15-16H2,1-3H3,(H2,34,42). The number of hydrogen-bond donors (Lipinski definition) is 1. The maximum absolute atomic E-state index is 14.4. The molecular weight excluding hydrogens is 556 g/mol. The van der Waals surface area contributed by atoms with Crippen molar-refractivity contribution >= 4 is 28.5 Å². The Bertz CT molecular complexity index is 1730. The number of fused-ring (bicyclic) bond motifs is 2. The van der Waals surface area contributed by atoms with Crippen LogP contribution in [0.5, 0.6) is 5.75 Å². The van der Waals surface area contributed by atoms with Crippen molar-refractivity contribution in [1.82, 2.24) is 24.6 Å². The first-order valence-corrected chi connectivity index (χ1v) is 14.4. The second-order valence-electron chi connectivity index (χ2n) is 11.7. The largest absolute Gasteiger partial charge is 0.482 e. The van der Waals surface area contributed by atoms with Crippen molar-refractivity contribution in [3.8, 4) is 16.9 Å². The third-order valence-corrected chi connectivity index (χ3v) is 8.08. The molecule has 10 nitrogen and oxygen atoms in total. The van der Waals surface area contributed by atoms with Gasteiger partial charge in [0.05, 0.1) is 47.6 Å². The zero-order valence-electron chi connectivity index (χ0n) is 24.3. The normalized spacial score (nSPS) is 16.1. The van der Waals surface area contributed by atoms with Gasteiger partial charge in [-0.3, -0.25) is 19.5 Å². The van der Waals surface area contributed by atoms with E-state index in [0.29, 0.717) is 51.3 Å². The molecule has 0 saturated carbocycles. The summed E-state index contributed by atoms with van der Waals surface area (Å²) in [5.74, 6) is -2.06. The number of carbonyl (C=O) groups excluding carboxylic acids is 2. The maximum atomic E-state index is 14.4. The molecule has 5 heterocycles. The monoisotopic (exact) mass is 589 g/mol. The number of primary amides is 1. The van der Waals surface area contributed by atoms with Gasteiger partial charge in [-0.2, -0.15) is 5.10 Å². The number of pyridine rings is 2. The van der Waals surface area contributed by atoms with Gasteiger partial charge >= 0.3 is 0 Å². The molecule has 3 aromatic heterocycles. The van der Waals surface area contributed by atoms with Gasteiger partial charge in [0.1, 0.15) is 17.4 Å². The molecule has 0 atom stereocenters. The molecular formula is C31H33F2N7O3. The molecule has 0 aliphatic carbocycles. The molecule has 2 N–H and O–H groups in total. The molecule has 6 rings (SSSR count). The first-order chi connectivity index (χ1) is 20.6. The maximum Gasteiger partial charge on any atom is 0.265 e. The Morgan fingerprint density at radius 1 is 1.14 bits per heavy atom. The van der Waals surface area contributed by atoms with Crippen LogP contribution in [0.1, 0.15) is 54.5 Å². The lowest BCUT2D eigenvalue weighted by atomic mass is 9.92. The minimum absolute atomic E-state index is 0.0711. The van der Waals surface area contributed by atoms with Gasteiger partial charge < -0.3 is 15.4 Å². The summed E-state index contributed by atoms with van der Waals surface area (Å²) in [5.41, 5.74) is 9.21. The third kappa shape index (κ3) is 5.42. The number of nitrogens with zero attached hydrogens (tertiary/aromatic N) is 6. The molecule has 4 aromatic rings. The van der Waals surface area contributed by atoms with E-state index < -0.39 is 23.4 Å². The van der Waals surface area contributed by atoms with E-state index in [1.54, 1.807) is 24.4 Å². The van der Waals surface area contributed by atoms with Crippen molar-refractivity contribution in [2.45, 2.75) is 45.7 Å². The van der Waals surface area contributed by atoms with Gasteiger partial charge in [0.15, 0.2) is 12.3 Å². The molecule has 12 heteroatoms. The second kappa shape index (κ2) is 11.3. The van der Waals surface area contributed by atoms with Crippen molar-refractivity contribution in [3.63, 3.8) is 0 Å². The summed E-state index contributed by atoms with van der Waals surface area (Å²) < 4.78 is 35.6. The highest BCUT2D eigenvalue weighted by molar-refractivity contribution is 6.09. The quantitative estimate of drug-likeness (QED) is 0.342. The van der Waals surface area contributed by atoms with Gasteiger partial charge in [0, 0.05) is 17.0 Å². The van der Waals surface area contributed by atoms with Crippen LogP contribution in [0.4, 0.5) is 14.5 Å². The van der Waals surface area contributed by atoms with E-state index in [-0.39, 0.29) is 30.8 Å². The lowest BCUT2D eigenvalue weighted by molar-refractivity contribution is -0.121. The number of halogens is 2. The van der Waals surface area contributed by atoms with E-state index >= 15 is 0 Å². The smallest absolute Gasteiger partial charge is 0.265 e. The molecule has 0 spiro atoms. The molecule has 0 bridgehead atoms. The number of benzene rings is 1. The summed E-state index contributed by atoms with van der Waals surface area (Å²) in [6, 6.07) is 6.11. The molecule has 43 heavy (non-hydrogen) atoms. The average Bonchev–Trinajstić information content (AvgIpc) is 3.38. The van der Waals surface area contributed by atoms with Gasteiger partial charge in [0.2, 0.25) is 0 Å². The van der Waals surface area contributed by atoms with Crippen LogP contribution in [0.15, 0.2) is 36.7 Å². The molecule has 224 valence electrons. The fraction of sp³-hybridized carbons (Fsp3) is 0.387. The number of hydrogen-bond acceptors (Lipinski definition) is 7. The predicted octanol–water partition coefficient (Wildman–Crippen LogP) is 4.26. The Morgan fingerprint density at radius 3 is 2.60 bits per heavy atom. The number of anilines is 1. The molecule has 1 saturated heterocycles. The summed E-state index contributed by atoms with van der Waals surface area (Å²) in [6.45, 7) is 5.54. The van der Waals surface area contributed by atoms with Crippen molar-refractivity contribution in [3.05, 3.63) is 65.2 Å². The predicted molar refractivity (Wildman–Crippen MR) is 157 cm³/mol. The van der Waals surface area contributed by atoms with E-state index in [0.717, 1.165) is 38.2 Å². The average molecular weight is 590 g/mol. The van der Waals surface area contributed by atoms with E-state index in [1.165, 1.54) is 4.90 Å². The first-order valence-electron chi connectivity index (χ1n) is 14.4. The number of likely N-dealkylation sites (tertiary alicyclic amines) is 1. The Balaban J connectivity index is 1.48. The summed E-state index contributed by atoms with van der Waals surface area (Å²) in [4.78, 5) is 38.3. The van der Waals surface area contributed by atoms with Gasteiger partial charge in [0.25, 0.3) is 11.8 Å².